The lowest BCUT2D eigenvalue weighted by Gasteiger charge is -2.20. The summed E-state index contributed by atoms with van der Waals surface area (Å²) < 4.78 is 0. The van der Waals surface area contributed by atoms with E-state index in [-0.39, 0.29) is 5.41 Å². The highest BCUT2D eigenvalue weighted by Crippen LogP contribution is 2.34. The van der Waals surface area contributed by atoms with Gasteiger partial charge in [-0.15, -0.1) is 0 Å². The van der Waals surface area contributed by atoms with Crippen molar-refractivity contribution in [2.75, 3.05) is 0 Å². The Hall–Kier alpha value is -3.10. The van der Waals surface area contributed by atoms with Gasteiger partial charge in [0.15, 0.2) is 0 Å². The Morgan fingerprint density at radius 3 is 1.96 bits per heavy atom. The van der Waals surface area contributed by atoms with Crippen molar-refractivity contribution >= 4 is 10.8 Å². The van der Waals surface area contributed by atoms with Crippen molar-refractivity contribution in [1.82, 2.24) is 0 Å². The van der Waals surface area contributed by atoms with Crippen LogP contribution in [0.15, 0.2) is 54.6 Å². The highest BCUT2D eigenvalue weighted by molar-refractivity contribution is 6.00. The Morgan fingerprint density at radius 1 is 0.708 bits per heavy atom. The first-order valence-electron chi connectivity index (χ1n) is 7.92. The maximum Gasteiger partial charge on any atom is 0.0998 e. The van der Waals surface area contributed by atoms with Gasteiger partial charge < -0.3 is 0 Å². The Kier molecular flexibility index (Phi) is 3.84. The molecule has 2 nitrogen and oxygen atoms in total. The molecule has 0 atom stereocenters. The Bertz CT molecular complexity index is 1010. The first kappa shape index (κ1) is 15.8. The monoisotopic (exact) mass is 310 g/mol. The minimum atomic E-state index is -0.00311. The molecular formula is C22H18N2. The summed E-state index contributed by atoms with van der Waals surface area (Å²) >= 11 is 0. The number of nitriles is 2. The van der Waals surface area contributed by atoms with E-state index in [1.54, 1.807) is 0 Å². The van der Waals surface area contributed by atoms with Crippen molar-refractivity contribution in [1.29, 1.82) is 10.5 Å². The first-order valence-corrected chi connectivity index (χ1v) is 7.92. The molecule has 2 heteroatoms. The molecule has 0 aliphatic rings. The van der Waals surface area contributed by atoms with Crippen LogP contribution in [-0.2, 0) is 5.41 Å². The molecule has 24 heavy (non-hydrogen) atoms. The molecule has 0 heterocycles. The Balaban J connectivity index is 2.30. The third kappa shape index (κ3) is 2.64. The second-order valence-electron chi connectivity index (χ2n) is 6.94. The van der Waals surface area contributed by atoms with Crippen LogP contribution in [0.25, 0.3) is 21.9 Å². The van der Waals surface area contributed by atoms with Gasteiger partial charge in [-0.3, -0.25) is 0 Å². The molecule has 116 valence electrons. The summed E-state index contributed by atoms with van der Waals surface area (Å²) in [5.74, 6) is 0. The number of hydrogen-bond donors (Lipinski definition) is 0. The number of fused-ring (bicyclic) bond motifs is 1. The molecule has 3 aromatic rings. The molecule has 0 saturated carbocycles. The molecule has 0 aromatic heterocycles. The van der Waals surface area contributed by atoms with Crippen LogP contribution in [0, 0.1) is 22.7 Å². The van der Waals surface area contributed by atoms with Crippen molar-refractivity contribution < 1.29 is 0 Å². The van der Waals surface area contributed by atoms with E-state index in [1.165, 1.54) is 0 Å². The average Bonchev–Trinajstić information content (AvgIpc) is 2.59. The smallest absolute Gasteiger partial charge is 0.0998 e. The zero-order valence-corrected chi connectivity index (χ0v) is 14.1. The fraction of sp³-hybridized carbons (Fsp3) is 0.182. The summed E-state index contributed by atoms with van der Waals surface area (Å²) in [5.41, 5.74) is 4.35. The van der Waals surface area contributed by atoms with Gasteiger partial charge in [-0.1, -0.05) is 63.2 Å². The SMILES string of the molecule is CC(C)(C)c1ccc(-c2ccc(C#N)c3ccccc23)c(C#N)c1. The van der Waals surface area contributed by atoms with Crippen LogP contribution in [0.2, 0.25) is 0 Å². The Morgan fingerprint density at radius 2 is 1.33 bits per heavy atom. The summed E-state index contributed by atoms with van der Waals surface area (Å²) in [6, 6.07) is 22.3. The summed E-state index contributed by atoms with van der Waals surface area (Å²) in [6.07, 6.45) is 0. The predicted octanol–water partition coefficient (Wildman–Crippen LogP) is 5.55. The normalized spacial score (nSPS) is 11.0. The van der Waals surface area contributed by atoms with Gasteiger partial charge in [0, 0.05) is 10.9 Å². The van der Waals surface area contributed by atoms with Gasteiger partial charge in [-0.05, 0) is 34.1 Å². The zero-order chi connectivity index (χ0) is 17.3. The standard InChI is InChI=1S/C22H18N2/c1-22(2,3)17-9-11-19(16(12-17)14-24)21-10-8-15(13-23)18-6-4-5-7-20(18)21/h4-12H,1-3H3. The number of nitrogens with zero attached hydrogens (tertiary/aromatic N) is 2. The van der Waals surface area contributed by atoms with Crippen molar-refractivity contribution in [3.63, 3.8) is 0 Å². The third-order valence-corrected chi connectivity index (χ3v) is 4.34. The first-order chi connectivity index (χ1) is 11.5. The molecule has 0 spiro atoms. The number of hydrogen-bond acceptors (Lipinski definition) is 2. The van der Waals surface area contributed by atoms with Crippen LogP contribution >= 0.6 is 0 Å². The molecule has 0 aliphatic heterocycles. The highest BCUT2D eigenvalue weighted by Gasteiger charge is 2.17. The fourth-order valence-corrected chi connectivity index (χ4v) is 2.97. The summed E-state index contributed by atoms with van der Waals surface area (Å²) in [7, 11) is 0. The van der Waals surface area contributed by atoms with E-state index in [4.69, 9.17) is 0 Å². The summed E-state index contributed by atoms with van der Waals surface area (Å²) in [5, 5.41) is 20.9. The van der Waals surface area contributed by atoms with Crippen LogP contribution < -0.4 is 0 Å². The quantitative estimate of drug-likeness (QED) is 0.591. The molecule has 0 radical (unpaired) electrons. The molecule has 3 aromatic carbocycles. The van der Waals surface area contributed by atoms with E-state index in [0.29, 0.717) is 11.1 Å². The van der Waals surface area contributed by atoms with Gasteiger partial charge in [0.05, 0.1) is 23.3 Å². The molecule has 0 amide bonds. The molecular weight excluding hydrogens is 292 g/mol. The van der Waals surface area contributed by atoms with Gasteiger partial charge >= 0.3 is 0 Å². The van der Waals surface area contributed by atoms with E-state index in [9.17, 15) is 10.5 Å². The largest absolute Gasteiger partial charge is 0.192 e. The van der Waals surface area contributed by atoms with Gasteiger partial charge in [-0.25, -0.2) is 0 Å². The van der Waals surface area contributed by atoms with Crippen molar-refractivity contribution in [3.05, 3.63) is 71.3 Å². The number of benzene rings is 3. The van der Waals surface area contributed by atoms with Crippen LogP contribution in [0.3, 0.4) is 0 Å². The van der Waals surface area contributed by atoms with E-state index in [2.05, 4.69) is 39.0 Å². The van der Waals surface area contributed by atoms with Crippen LogP contribution in [0.4, 0.5) is 0 Å². The lowest BCUT2D eigenvalue weighted by atomic mass is 9.84. The van der Waals surface area contributed by atoms with Gasteiger partial charge in [0.25, 0.3) is 0 Å². The van der Waals surface area contributed by atoms with E-state index in [1.807, 2.05) is 48.5 Å². The minimum Gasteiger partial charge on any atom is -0.192 e. The summed E-state index contributed by atoms with van der Waals surface area (Å²) in [6.45, 7) is 6.42. The van der Waals surface area contributed by atoms with Gasteiger partial charge in [0.1, 0.15) is 0 Å². The van der Waals surface area contributed by atoms with Gasteiger partial charge in [0.2, 0.25) is 0 Å². The van der Waals surface area contributed by atoms with E-state index >= 15 is 0 Å². The fourth-order valence-electron chi connectivity index (χ4n) is 2.97. The molecule has 0 aliphatic carbocycles. The maximum atomic E-state index is 9.64. The van der Waals surface area contributed by atoms with E-state index in [0.717, 1.165) is 27.5 Å². The van der Waals surface area contributed by atoms with Crippen molar-refractivity contribution in [2.24, 2.45) is 0 Å². The highest BCUT2D eigenvalue weighted by atomic mass is 14.3. The van der Waals surface area contributed by atoms with Crippen LogP contribution in [0.1, 0.15) is 37.5 Å². The second kappa shape index (κ2) is 5.84. The molecule has 0 saturated heterocycles. The zero-order valence-electron chi connectivity index (χ0n) is 14.1. The van der Waals surface area contributed by atoms with E-state index < -0.39 is 0 Å². The van der Waals surface area contributed by atoms with Crippen LogP contribution in [-0.4, -0.2) is 0 Å². The predicted molar refractivity (Wildman–Crippen MR) is 97.5 cm³/mol. The molecule has 0 fully saturated rings. The lowest BCUT2D eigenvalue weighted by molar-refractivity contribution is 0.590. The lowest BCUT2D eigenvalue weighted by Crippen LogP contribution is -2.11. The molecule has 0 N–H and O–H groups in total. The third-order valence-electron chi connectivity index (χ3n) is 4.34. The van der Waals surface area contributed by atoms with Crippen molar-refractivity contribution in [3.8, 4) is 23.3 Å². The number of rotatable bonds is 1. The van der Waals surface area contributed by atoms with Gasteiger partial charge in [-0.2, -0.15) is 10.5 Å². The Labute approximate surface area is 142 Å². The molecule has 3 rings (SSSR count). The van der Waals surface area contributed by atoms with Crippen molar-refractivity contribution in [2.45, 2.75) is 26.2 Å². The molecule has 0 bridgehead atoms. The topological polar surface area (TPSA) is 47.6 Å². The minimum absolute atomic E-state index is 0.00311. The average molecular weight is 310 g/mol. The summed E-state index contributed by atoms with van der Waals surface area (Å²) in [4.78, 5) is 0. The maximum absolute atomic E-state index is 9.64. The van der Waals surface area contributed by atoms with Crippen LogP contribution in [0.5, 0.6) is 0 Å². The second-order valence-corrected chi connectivity index (χ2v) is 6.94. The molecule has 0 unspecified atom stereocenters.